The third kappa shape index (κ3) is 4.03. The van der Waals surface area contributed by atoms with E-state index in [-0.39, 0.29) is 12.1 Å². The van der Waals surface area contributed by atoms with Gasteiger partial charge in [0, 0.05) is 13.5 Å². The molecule has 3 heteroatoms. The first kappa shape index (κ1) is 12.7. The van der Waals surface area contributed by atoms with E-state index >= 15 is 0 Å². The molecule has 1 rings (SSSR count). The minimum absolute atomic E-state index is 0.287. The number of esters is 1. The Labute approximate surface area is 96.4 Å². The van der Waals surface area contributed by atoms with Gasteiger partial charge in [0.1, 0.15) is 0 Å². The van der Waals surface area contributed by atoms with Crippen LogP contribution in [0.4, 0.5) is 0 Å². The molecule has 0 spiro atoms. The molecular weight excluding hydrogens is 204 g/mol. The number of ether oxygens (including phenoxy) is 2. The number of carbonyl (C=O) groups excluding carboxylic acids is 1. The van der Waals surface area contributed by atoms with E-state index in [1.807, 2.05) is 38.1 Å². The summed E-state index contributed by atoms with van der Waals surface area (Å²) in [6.07, 6.45) is -0.307. The van der Waals surface area contributed by atoms with Crippen LogP contribution in [0.2, 0.25) is 0 Å². The summed E-state index contributed by atoms with van der Waals surface area (Å²) in [6, 6.07) is 7.92. The van der Waals surface area contributed by atoms with E-state index in [2.05, 4.69) is 0 Å². The second-order valence-corrected chi connectivity index (χ2v) is 3.67. The summed E-state index contributed by atoms with van der Waals surface area (Å²) >= 11 is 0. The number of hydrogen-bond acceptors (Lipinski definition) is 3. The van der Waals surface area contributed by atoms with Crippen molar-refractivity contribution in [1.29, 1.82) is 0 Å². The zero-order valence-electron chi connectivity index (χ0n) is 10.0. The van der Waals surface area contributed by atoms with Crippen molar-refractivity contribution >= 4 is 5.97 Å². The molecule has 0 amide bonds. The van der Waals surface area contributed by atoms with Crippen LogP contribution in [0.3, 0.4) is 0 Å². The predicted octanol–water partition coefficient (Wildman–Crippen LogP) is 2.64. The summed E-state index contributed by atoms with van der Waals surface area (Å²) in [7, 11) is 0. The predicted molar refractivity (Wildman–Crippen MR) is 62.2 cm³/mol. The monoisotopic (exact) mass is 222 g/mol. The van der Waals surface area contributed by atoms with E-state index in [1.54, 1.807) is 0 Å². The third-order valence-electron chi connectivity index (χ3n) is 2.23. The van der Waals surface area contributed by atoms with Crippen molar-refractivity contribution in [2.75, 3.05) is 13.2 Å². The van der Waals surface area contributed by atoms with Crippen LogP contribution in [-0.2, 0) is 14.3 Å². The van der Waals surface area contributed by atoms with E-state index in [1.165, 1.54) is 12.5 Å². The average Bonchev–Trinajstić information content (AvgIpc) is 2.25. The van der Waals surface area contributed by atoms with Crippen LogP contribution in [0.1, 0.15) is 31.1 Å². The normalized spacial score (nSPS) is 12.2. The first-order valence-corrected chi connectivity index (χ1v) is 5.45. The molecule has 1 atom stereocenters. The highest BCUT2D eigenvalue weighted by molar-refractivity contribution is 5.66. The SMILES string of the molecule is CCOCC(OC(C)=O)c1ccc(C)cc1. The van der Waals surface area contributed by atoms with Gasteiger partial charge in [0.05, 0.1) is 6.61 Å². The standard InChI is InChI=1S/C13H18O3/c1-4-15-9-13(16-11(3)14)12-7-5-10(2)6-8-12/h5-8,13H,4,9H2,1-3H3. The van der Waals surface area contributed by atoms with E-state index in [9.17, 15) is 4.79 Å². The Kier molecular flexibility index (Phi) is 4.99. The maximum absolute atomic E-state index is 11.0. The van der Waals surface area contributed by atoms with Crippen molar-refractivity contribution in [3.63, 3.8) is 0 Å². The van der Waals surface area contributed by atoms with Gasteiger partial charge in [-0.2, -0.15) is 0 Å². The van der Waals surface area contributed by atoms with Crippen molar-refractivity contribution in [3.05, 3.63) is 35.4 Å². The number of hydrogen-bond donors (Lipinski definition) is 0. The molecule has 0 fully saturated rings. The fourth-order valence-corrected chi connectivity index (χ4v) is 1.40. The minimum atomic E-state index is -0.307. The van der Waals surface area contributed by atoms with Crippen molar-refractivity contribution in [1.82, 2.24) is 0 Å². The third-order valence-corrected chi connectivity index (χ3v) is 2.23. The lowest BCUT2D eigenvalue weighted by Gasteiger charge is -2.17. The molecule has 0 N–H and O–H groups in total. The molecule has 0 radical (unpaired) electrons. The maximum atomic E-state index is 11.0. The van der Waals surface area contributed by atoms with Gasteiger partial charge in [0.25, 0.3) is 0 Å². The molecule has 1 aromatic rings. The highest BCUT2D eigenvalue weighted by Gasteiger charge is 2.14. The highest BCUT2D eigenvalue weighted by Crippen LogP contribution is 2.18. The smallest absolute Gasteiger partial charge is 0.303 e. The van der Waals surface area contributed by atoms with Crippen LogP contribution >= 0.6 is 0 Å². The molecular formula is C13H18O3. The average molecular weight is 222 g/mol. The molecule has 16 heavy (non-hydrogen) atoms. The fourth-order valence-electron chi connectivity index (χ4n) is 1.40. The molecule has 3 nitrogen and oxygen atoms in total. The summed E-state index contributed by atoms with van der Waals surface area (Å²) in [5.41, 5.74) is 2.15. The molecule has 0 aliphatic rings. The maximum Gasteiger partial charge on any atom is 0.303 e. The van der Waals surface area contributed by atoms with Gasteiger partial charge in [-0.15, -0.1) is 0 Å². The Hall–Kier alpha value is -1.35. The summed E-state index contributed by atoms with van der Waals surface area (Å²) in [5, 5.41) is 0. The largest absolute Gasteiger partial charge is 0.455 e. The van der Waals surface area contributed by atoms with Crippen LogP contribution in [0, 0.1) is 6.92 Å². The van der Waals surface area contributed by atoms with Crippen LogP contribution in [0.25, 0.3) is 0 Å². The lowest BCUT2D eigenvalue weighted by Crippen LogP contribution is -2.14. The van der Waals surface area contributed by atoms with Crippen LogP contribution in [0.5, 0.6) is 0 Å². The summed E-state index contributed by atoms with van der Waals surface area (Å²) in [6.45, 7) is 6.36. The molecule has 0 aromatic heterocycles. The summed E-state index contributed by atoms with van der Waals surface area (Å²) < 4.78 is 10.5. The van der Waals surface area contributed by atoms with Crippen molar-refractivity contribution in [2.45, 2.75) is 26.9 Å². The van der Waals surface area contributed by atoms with Gasteiger partial charge >= 0.3 is 5.97 Å². The number of aryl methyl sites for hydroxylation is 1. The quantitative estimate of drug-likeness (QED) is 0.718. The van der Waals surface area contributed by atoms with Gasteiger partial charge < -0.3 is 9.47 Å². The van der Waals surface area contributed by atoms with Gasteiger partial charge in [0.2, 0.25) is 0 Å². The number of carbonyl (C=O) groups is 1. The first-order chi connectivity index (χ1) is 7.63. The summed E-state index contributed by atoms with van der Waals surface area (Å²) in [5.74, 6) is -0.287. The highest BCUT2D eigenvalue weighted by atomic mass is 16.6. The second-order valence-electron chi connectivity index (χ2n) is 3.67. The molecule has 0 saturated carbocycles. The van der Waals surface area contributed by atoms with Crippen molar-refractivity contribution in [2.24, 2.45) is 0 Å². The van der Waals surface area contributed by atoms with E-state index < -0.39 is 0 Å². The Morgan fingerprint density at radius 2 is 1.94 bits per heavy atom. The molecule has 1 unspecified atom stereocenters. The van der Waals surface area contributed by atoms with E-state index in [0.29, 0.717) is 13.2 Å². The van der Waals surface area contributed by atoms with Gasteiger partial charge in [-0.3, -0.25) is 4.79 Å². The molecule has 1 aromatic carbocycles. The molecule has 0 aliphatic heterocycles. The molecule has 0 heterocycles. The summed E-state index contributed by atoms with van der Waals surface area (Å²) in [4.78, 5) is 11.0. The van der Waals surface area contributed by atoms with E-state index in [4.69, 9.17) is 9.47 Å². The zero-order valence-corrected chi connectivity index (χ0v) is 10.0. The molecule has 0 bridgehead atoms. The molecule has 0 aliphatic carbocycles. The van der Waals surface area contributed by atoms with Gasteiger partial charge in [-0.05, 0) is 19.4 Å². The lowest BCUT2D eigenvalue weighted by atomic mass is 10.1. The fraction of sp³-hybridized carbons (Fsp3) is 0.462. The Bertz CT molecular complexity index is 330. The topological polar surface area (TPSA) is 35.5 Å². The van der Waals surface area contributed by atoms with Crippen molar-refractivity contribution in [3.8, 4) is 0 Å². The number of benzene rings is 1. The van der Waals surface area contributed by atoms with E-state index in [0.717, 1.165) is 5.56 Å². The van der Waals surface area contributed by atoms with Crippen LogP contribution in [-0.4, -0.2) is 19.2 Å². The second kappa shape index (κ2) is 6.28. The zero-order chi connectivity index (χ0) is 12.0. The Morgan fingerprint density at radius 3 is 2.44 bits per heavy atom. The van der Waals surface area contributed by atoms with Gasteiger partial charge in [0.15, 0.2) is 6.10 Å². The first-order valence-electron chi connectivity index (χ1n) is 5.45. The minimum Gasteiger partial charge on any atom is -0.455 e. The Morgan fingerprint density at radius 1 is 1.31 bits per heavy atom. The molecule has 88 valence electrons. The van der Waals surface area contributed by atoms with Gasteiger partial charge in [-0.1, -0.05) is 29.8 Å². The Balaban J connectivity index is 2.74. The van der Waals surface area contributed by atoms with Gasteiger partial charge in [-0.25, -0.2) is 0 Å². The lowest BCUT2D eigenvalue weighted by molar-refractivity contribution is -0.149. The molecule has 0 saturated heterocycles. The number of rotatable bonds is 5. The van der Waals surface area contributed by atoms with Crippen LogP contribution in [0.15, 0.2) is 24.3 Å². The van der Waals surface area contributed by atoms with Crippen molar-refractivity contribution < 1.29 is 14.3 Å². The van der Waals surface area contributed by atoms with Crippen LogP contribution < -0.4 is 0 Å².